The van der Waals surface area contributed by atoms with Crippen molar-refractivity contribution in [3.63, 3.8) is 0 Å². The van der Waals surface area contributed by atoms with Crippen LogP contribution in [-0.4, -0.2) is 69.1 Å². The van der Waals surface area contributed by atoms with E-state index in [2.05, 4.69) is 41.3 Å². The summed E-state index contributed by atoms with van der Waals surface area (Å²) in [5, 5.41) is 0. The number of hydrogen-bond donors (Lipinski definition) is 0. The molecule has 0 saturated carbocycles. The van der Waals surface area contributed by atoms with Gasteiger partial charge in [-0.1, -0.05) is 54.6 Å². The molecule has 0 atom stereocenters. The maximum atomic E-state index is 13.6. The third-order valence-corrected chi connectivity index (χ3v) is 9.59. The molecule has 6 nitrogen and oxygen atoms in total. The first-order valence-electron chi connectivity index (χ1n) is 13.2. The molecule has 0 N–H and O–H groups in total. The van der Waals surface area contributed by atoms with Crippen LogP contribution in [0, 0.1) is 5.92 Å². The Bertz CT molecular complexity index is 1200. The Balaban J connectivity index is 1.17. The van der Waals surface area contributed by atoms with E-state index in [-0.39, 0.29) is 17.2 Å². The van der Waals surface area contributed by atoms with Gasteiger partial charge in [0.1, 0.15) is 0 Å². The molecule has 2 aromatic rings. The van der Waals surface area contributed by atoms with Crippen LogP contribution in [0.3, 0.4) is 0 Å². The summed E-state index contributed by atoms with van der Waals surface area (Å²) in [6.45, 7) is 4.64. The molecule has 0 radical (unpaired) electrons. The van der Waals surface area contributed by atoms with Gasteiger partial charge in [0.25, 0.3) is 0 Å². The highest BCUT2D eigenvalue weighted by Crippen LogP contribution is 2.43. The van der Waals surface area contributed by atoms with Crippen molar-refractivity contribution in [2.75, 3.05) is 50.4 Å². The number of hydrogen-bond acceptors (Lipinski definition) is 4. The zero-order valence-corrected chi connectivity index (χ0v) is 22.0. The average molecular weight is 508 g/mol. The molecule has 1 amide bonds. The Morgan fingerprint density at radius 2 is 1.64 bits per heavy atom. The van der Waals surface area contributed by atoms with Crippen LogP contribution in [0.1, 0.15) is 43.2 Å². The predicted octanol–water partition coefficient (Wildman–Crippen LogP) is 4.14. The van der Waals surface area contributed by atoms with Crippen molar-refractivity contribution in [3.8, 4) is 0 Å². The van der Waals surface area contributed by atoms with Gasteiger partial charge in [0, 0.05) is 36.7 Å². The minimum absolute atomic E-state index is 0.125. The lowest BCUT2D eigenvalue weighted by Crippen LogP contribution is -2.45. The summed E-state index contributed by atoms with van der Waals surface area (Å²) in [5.74, 6) is -0.00748. The van der Waals surface area contributed by atoms with Crippen LogP contribution in [0.5, 0.6) is 0 Å². The maximum absolute atomic E-state index is 13.6. The van der Waals surface area contributed by atoms with Crippen LogP contribution in [-0.2, 0) is 20.2 Å². The molecule has 0 aromatic heterocycles. The lowest BCUT2D eigenvalue weighted by molar-refractivity contribution is -0.123. The van der Waals surface area contributed by atoms with Crippen LogP contribution in [0.25, 0.3) is 6.08 Å². The first-order chi connectivity index (χ1) is 17.4. The number of amides is 1. The Hall–Kier alpha value is -2.48. The number of likely N-dealkylation sites (tertiary alicyclic amines) is 1. The van der Waals surface area contributed by atoms with Gasteiger partial charge in [-0.15, -0.1) is 0 Å². The number of rotatable bonds is 7. The van der Waals surface area contributed by atoms with Crippen molar-refractivity contribution in [3.05, 3.63) is 71.8 Å². The summed E-state index contributed by atoms with van der Waals surface area (Å²) in [5.41, 5.74) is 3.97. The number of sulfonamides is 1. The van der Waals surface area contributed by atoms with Crippen molar-refractivity contribution in [2.24, 2.45) is 5.92 Å². The molecule has 2 heterocycles. The number of benzene rings is 2. The van der Waals surface area contributed by atoms with E-state index in [9.17, 15) is 13.2 Å². The highest BCUT2D eigenvalue weighted by atomic mass is 32.2. The second-order valence-corrected chi connectivity index (χ2v) is 12.5. The smallest absolute Gasteiger partial charge is 0.230 e. The molecule has 0 unspecified atom stereocenters. The van der Waals surface area contributed by atoms with Gasteiger partial charge in [-0.25, -0.2) is 12.7 Å². The van der Waals surface area contributed by atoms with Crippen molar-refractivity contribution in [1.82, 2.24) is 9.21 Å². The second-order valence-electron chi connectivity index (χ2n) is 10.5. The third kappa shape index (κ3) is 5.29. The molecule has 2 aliphatic heterocycles. The molecule has 0 bridgehead atoms. The zero-order valence-electron chi connectivity index (χ0n) is 21.2. The van der Waals surface area contributed by atoms with Gasteiger partial charge in [-0.3, -0.25) is 4.79 Å². The molecule has 5 rings (SSSR count). The van der Waals surface area contributed by atoms with E-state index in [1.165, 1.54) is 21.7 Å². The Morgan fingerprint density at radius 1 is 0.972 bits per heavy atom. The molecule has 3 aliphatic rings. The standard InChI is InChI=1S/C29H37N3O3S/c1-36(34,35)31-20-13-25(14-21-31)28(33)32(26-9-3-2-4-10-26)19-7-18-30-22-16-29(17-23-30)15-12-24-8-5-6-11-27(24)29/h2-6,8-12,15,25H,7,13-14,16-23H2,1H3. The Morgan fingerprint density at radius 3 is 2.33 bits per heavy atom. The van der Waals surface area contributed by atoms with Crippen molar-refractivity contribution >= 4 is 27.7 Å². The molecule has 2 aromatic carbocycles. The van der Waals surface area contributed by atoms with E-state index >= 15 is 0 Å². The average Bonchev–Trinajstić information content (AvgIpc) is 3.25. The molecule has 7 heteroatoms. The molecular formula is C29H37N3O3S. The number of carbonyl (C=O) groups excluding carboxylic acids is 1. The number of anilines is 1. The maximum Gasteiger partial charge on any atom is 0.230 e. The number of fused-ring (bicyclic) bond motifs is 2. The lowest BCUT2D eigenvalue weighted by atomic mass is 9.74. The van der Waals surface area contributed by atoms with Gasteiger partial charge >= 0.3 is 0 Å². The van der Waals surface area contributed by atoms with Crippen LogP contribution in [0.4, 0.5) is 5.69 Å². The highest BCUT2D eigenvalue weighted by molar-refractivity contribution is 7.88. The van der Waals surface area contributed by atoms with E-state index in [0.717, 1.165) is 44.6 Å². The summed E-state index contributed by atoms with van der Waals surface area (Å²) in [7, 11) is -3.20. The van der Waals surface area contributed by atoms with Crippen LogP contribution in [0.15, 0.2) is 60.7 Å². The number of allylic oxidation sites excluding steroid dienone is 1. The first-order valence-corrected chi connectivity index (χ1v) is 15.0. The summed E-state index contributed by atoms with van der Waals surface area (Å²) < 4.78 is 25.2. The normalized spacial score (nSPS) is 20.5. The quantitative estimate of drug-likeness (QED) is 0.565. The molecule has 36 heavy (non-hydrogen) atoms. The van der Waals surface area contributed by atoms with Gasteiger partial charge in [0.05, 0.1) is 6.26 Å². The largest absolute Gasteiger partial charge is 0.312 e. The van der Waals surface area contributed by atoms with Crippen LogP contribution >= 0.6 is 0 Å². The van der Waals surface area contributed by atoms with E-state index < -0.39 is 10.0 Å². The number of piperidine rings is 2. The van der Waals surface area contributed by atoms with Crippen molar-refractivity contribution < 1.29 is 13.2 Å². The Labute approximate surface area is 215 Å². The number of carbonyl (C=O) groups is 1. The van der Waals surface area contributed by atoms with Crippen LogP contribution in [0.2, 0.25) is 0 Å². The predicted molar refractivity (Wildman–Crippen MR) is 145 cm³/mol. The summed E-state index contributed by atoms with van der Waals surface area (Å²) in [6.07, 6.45) is 10.3. The van der Waals surface area contributed by atoms with Crippen LogP contribution < -0.4 is 4.90 Å². The fraction of sp³-hybridized carbons (Fsp3) is 0.483. The molecule has 2 fully saturated rings. The van der Waals surface area contributed by atoms with Crippen molar-refractivity contribution in [2.45, 2.75) is 37.5 Å². The lowest BCUT2D eigenvalue weighted by Gasteiger charge is -2.39. The number of nitrogens with zero attached hydrogens (tertiary/aromatic N) is 3. The molecule has 192 valence electrons. The molecule has 1 aliphatic carbocycles. The molecule has 1 spiro atoms. The fourth-order valence-corrected chi connectivity index (χ4v) is 7.00. The first kappa shape index (κ1) is 25.2. The van der Waals surface area contributed by atoms with Crippen molar-refractivity contribution in [1.29, 1.82) is 0 Å². The van der Waals surface area contributed by atoms with E-state index in [1.807, 2.05) is 35.2 Å². The van der Waals surface area contributed by atoms with E-state index in [4.69, 9.17) is 0 Å². The molecular weight excluding hydrogens is 470 g/mol. The summed E-state index contributed by atoms with van der Waals surface area (Å²) >= 11 is 0. The van der Waals surface area contributed by atoms with E-state index in [0.29, 0.717) is 32.5 Å². The molecule has 2 saturated heterocycles. The Kier molecular flexibility index (Phi) is 7.33. The monoisotopic (exact) mass is 507 g/mol. The SMILES string of the molecule is CS(=O)(=O)N1CCC(C(=O)N(CCCN2CCC3(C=Cc4ccccc43)CC2)c2ccccc2)CC1. The minimum atomic E-state index is -3.20. The summed E-state index contributed by atoms with van der Waals surface area (Å²) in [6, 6.07) is 18.7. The van der Waals surface area contributed by atoms with Gasteiger partial charge in [0.15, 0.2) is 0 Å². The second kappa shape index (κ2) is 10.5. The summed E-state index contributed by atoms with van der Waals surface area (Å²) in [4.78, 5) is 18.0. The van der Waals surface area contributed by atoms with Gasteiger partial charge in [-0.2, -0.15) is 0 Å². The highest BCUT2D eigenvalue weighted by Gasteiger charge is 2.38. The van der Waals surface area contributed by atoms with Gasteiger partial charge in [-0.05, 0) is 75.0 Å². The fourth-order valence-electron chi connectivity index (χ4n) is 6.13. The van der Waals surface area contributed by atoms with E-state index in [1.54, 1.807) is 0 Å². The minimum Gasteiger partial charge on any atom is -0.312 e. The zero-order chi connectivity index (χ0) is 25.2. The van der Waals surface area contributed by atoms with Gasteiger partial charge < -0.3 is 9.80 Å². The van der Waals surface area contributed by atoms with Gasteiger partial charge in [0.2, 0.25) is 15.9 Å². The topological polar surface area (TPSA) is 60.9 Å². The third-order valence-electron chi connectivity index (χ3n) is 8.29. The number of para-hydroxylation sites is 1.